The van der Waals surface area contributed by atoms with Gasteiger partial charge in [0.1, 0.15) is 0 Å². The fourth-order valence-corrected chi connectivity index (χ4v) is 7.66. The van der Waals surface area contributed by atoms with Gasteiger partial charge in [0.2, 0.25) is 0 Å². The smallest absolute Gasteiger partial charge is 0.0416 e. The molecule has 1 heterocycles. The second kappa shape index (κ2) is 5.09. The SMILES string of the molecule is Cl.Cl.c1ccc(CCN[C@H]2[C@@H]3[C@H]4C[C@H]5[C@@H]3C[C@@H]3[C@@H]5[C@H]4[C@H]32)nc1. The van der Waals surface area contributed by atoms with Crippen LogP contribution in [-0.2, 0) is 6.42 Å². The van der Waals surface area contributed by atoms with Gasteiger partial charge < -0.3 is 5.32 Å². The summed E-state index contributed by atoms with van der Waals surface area (Å²) in [4.78, 5) is 4.45. The number of hydrogen-bond donors (Lipinski definition) is 1. The Morgan fingerprint density at radius 1 is 0.909 bits per heavy atom. The van der Waals surface area contributed by atoms with Gasteiger partial charge in [0.25, 0.3) is 0 Å². The highest BCUT2D eigenvalue weighted by atomic mass is 35.5. The number of pyridine rings is 1. The van der Waals surface area contributed by atoms with Crippen LogP contribution < -0.4 is 5.32 Å². The van der Waals surface area contributed by atoms with Crippen LogP contribution in [0.15, 0.2) is 24.4 Å². The maximum Gasteiger partial charge on any atom is 0.0416 e. The van der Waals surface area contributed by atoms with Crippen LogP contribution in [0, 0.1) is 47.3 Å². The molecule has 1 aromatic heterocycles. The normalized spacial score (nSPS) is 50.6. The largest absolute Gasteiger partial charge is 0.313 e. The van der Waals surface area contributed by atoms with Crippen LogP contribution in [0.4, 0.5) is 0 Å². The molecular weight excluding hydrogens is 315 g/mol. The van der Waals surface area contributed by atoms with E-state index in [1.54, 1.807) is 12.8 Å². The van der Waals surface area contributed by atoms with Crippen molar-refractivity contribution < 1.29 is 0 Å². The van der Waals surface area contributed by atoms with Gasteiger partial charge in [-0.2, -0.15) is 0 Å². The molecule has 0 spiro atoms. The molecule has 2 bridgehead atoms. The third-order valence-corrected chi connectivity index (χ3v) is 7.81. The predicted molar refractivity (Wildman–Crippen MR) is 91.4 cm³/mol. The lowest BCUT2D eigenvalue weighted by atomic mass is 9.59. The van der Waals surface area contributed by atoms with Gasteiger partial charge in [-0.15, -0.1) is 24.8 Å². The number of halogens is 2. The Morgan fingerprint density at radius 2 is 1.68 bits per heavy atom. The molecule has 120 valence electrons. The fraction of sp³-hybridized carbons (Fsp3) is 0.722. The third kappa shape index (κ3) is 1.59. The molecule has 0 radical (unpaired) electrons. The van der Waals surface area contributed by atoms with Gasteiger partial charge in [0.05, 0.1) is 0 Å². The Hall–Kier alpha value is -0.310. The summed E-state index contributed by atoms with van der Waals surface area (Å²) in [7, 11) is 0. The molecule has 0 unspecified atom stereocenters. The average molecular weight is 339 g/mol. The first kappa shape index (κ1) is 15.2. The summed E-state index contributed by atoms with van der Waals surface area (Å²) in [5.74, 6) is 9.03. The minimum absolute atomic E-state index is 0. The molecular formula is C18H24Cl2N2. The molecule has 1 aromatic rings. The molecule has 22 heavy (non-hydrogen) atoms. The summed E-state index contributed by atoms with van der Waals surface area (Å²) in [6.45, 7) is 1.13. The van der Waals surface area contributed by atoms with E-state index >= 15 is 0 Å². The van der Waals surface area contributed by atoms with Crippen LogP contribution in [0.25, 0.3) is 0 Å². The van der Waals surface area contributed by atoms with E-state index in [0.717, 1.165) is 54.5 Å². The predicted octanol–water partition coefficient (Wildman–Crippen LogP) is 3.20. The average Bonchev–Trinajstić information content (AvgIpc) is 3.00. The van der Waals surface area contributed by atoms with E-state index in [4.69, 9.17) is 0 Å². The zero-order valence-corrected chi connectivity index (χ0v) is 14.2. The highest BCUT2D eigenvalue weighted by Crippen LogP contribution is 2.82. The van der Waals surface area contributed by atoms with Crippen LogP contribution in [0.2, 0.25) is 0 Å². The Balaban J connectivity index is 0.000000625. The first-order chi connectivity index (χ1) is 9.93. The lowest BCUT2D eigenvalue weighted by Crippen LogP contribution is -2.51. The van der Waals surface area contributed by atoms with Crippen molar-refractivity contribution in [2.24, 2.45) is 47.3 Å². The Bertz CT molecular complexity index is 559. The molecule has 0 amide bonds. The highest BCUT2D eigenvalue weighted by molar-refractivity contribution is 5.85. The monoisotopic (exact) mass is 338 g/mol. The molecule has 4 heteroatoms. The molecule has 5 aliphatic carbocycles. The van der Waals surface area contributed by atoms with Crippen molar-refractivity contribution in [2.75, 3.05) is 6.54 Å². The molecule has 1 N–H and O–H groups in total. The van der Waals surface area contributed by atoms with Crippen LogP contribution in [0.5, 0.6) is 0 Å². The van der Waals surface area contributed by atoms with Crippen molar-refractivity contribution in [3.05, 3.63) is 30.1 Å². The standard InChI is InChI=1S/C18H22N2.2ClH/c1-2-5-19-9(3-1)4-6-20-18-15-11-8-12-14-10(11)7-13(15)16(14)17(12)18;;/h1-3,5,10-18,20H,4,6-8H2;2*1H/t10-,11-,12+,13+,14+,15-,16-,17-,18-;;/m0../s1. The second-order valence-corrected chi connectivity index (χ2v) is 7.99. The summed E-state index contributed by atoms with van der Waals surface area (Å²) < 4.78 is 0. The molecule has 5 saturated carbocycles. The van der Waals surface area contributed by atoms with Crippen molar-refractivity contribution in [1.29, 1.82) is 0 Å². The molecule has 0 aliphatic heterocycles. The Morgan fingerprint density at radius 3 is 2.45 bits per heavy atom. The number of rotatable bonds is 4. The summed E-state index contributed by atoms with van der Waals surface area (Å²) in [5.41, 5.74) is 1.24. The lowest BCUT2D eigenvalue weighted by Gasteiger charge is -2.48. The second-order valence-electron chi connectivity index (χ2n) is 7.99. The quantitative estimate of drug-likeness (QED) is 0.911. The minimum Gasteiger partial charge on any atom is -0.313 e. The number of hydrogen-bond acceptors (Lipinski definition) is 2. The molecule has 5 fully saturated rings. The maximum atomic E-state index is 4.45. The summed E-state index contributed by atoms with van der Waals surface area (Å²) in [6.07, 6.45) is 6.22. The molecule has 5 aliphatic rings. The zero-order valence-electron chi connectivity index (χ0n) is 12.6. The number of nitrogens with zero attached hydrogens (tertiary/aromatic N) is 1. The van der Waals surface area contributed by atoms with E-state index in [-0.39, 0.29) is 24.8 Å². The Kier molecular flexibility index (Phi) is 3.53. The molecule has 0 aromatic carbocycles. The van der Waals surface area contributed by atoms with Crippen molar-refractivity contribution in [2.45, 2.75) is 25.3 Å². The van der Waals surface area contributed by atoms with Crippen LogP contribution in [-0.4, -0.2) is 17.6 Å². The number of aromatic nitrogens is 1. The van der Waals surface area contributed by atoms with E-state index in [0.29, 0.717) is 0 Å². The van der Waals surface area contributed by atoms with Crippen LogP contribution in [0.3, 0.4) is 0 Å². The van der Waals surface area contributed by atoms with E-state index in [9.17, 15) is 0 Å². The van der Waals surface area contributed by atoms with Crippen molar-refractivity contribution >= 4 is 24.8 Å². The number of fused-ring (bicyclic) bond motifs is 2. The van der Waals surface area contributed by atoms with Gasteiger partial charge in [0, 0.05) is 30.9 Å². The third-order valence-electron chi connectivity index (χ3n) is 7.81. The fourth-order valence-electron chi connectivity index (χ4n) is 7.66. The summed E-state index contributed by atoms with van der Waals surface area (Å²) in [6, 6.07) is 7.14. The minimum atomic E-state index is 0. The van der Waals surface area contributed by atoms with Gasteiger partial charge in [-0.25, -0.2) is 0 Å². The first-order valence-electron chi connectivity index (χ1n) is 8.57. The molecule has 0 saturated heterocycles. The van der Waals surface area contributed by atoms with E-state index in [2.05, 4.69) is 22.4 Å². The Labute approximate surface area is 144 Å². The van der Waals surface area contributed by atoms with Gasteiger partial charge in [-0.3, -0.25) is 4.98 Å². The summed E-state index contributed by atoms with van der Waals surface area (Å²) in [5, 5.41) is 3.97. The van der Waals surface area contributed by atoms with Crippen molar-refractivity contribution in [1.82, 2.24) is 10.3 Å². The lowest BCUT2D eigenvalue weighted by molar-refractivity contribution is 0.00988. The van der Waals surface area contributed by atoms with Crippen LogP contribution in [0.1, 0.15) is 18.5 Å². The van der Waals surface area contributed by atoms with Gasteiger partial charge in [-0.1, -0.05) is 6.07 Å². The van der Waals surface area contributed by atoms with E-state index in [1.807, 2.05) is 12.3 Å². The van der Waals surface area contributed by atoms with E-state index in [1.165, 1.54) is 17.5 Å². The molecule has 2 nitrogen and oxygen atoms in total. The van der Waals surface area contributed by atoms with Gasteiger partial charge >= 0.3 is 0 Å². The first-order valence-corrected chi connectivity index (χ1v) is 8.57. The van der Waals surface area contributed by atoms with E-state index < -0.39 is 0 Å². The maximum absolute atomic E-state index is 4.45. The number of nitrogens with one attached hydrogen (secondary N) is 1. The van der Waals surface area contributed by atoms with Crippen molar-refractivity contribution in [3.63, 3.8) is 0 Å². The van der Waals surface area contributed by atoms with Crippen molar-refractivity contribution in [3.8, 4) is 0 Å². The van der Waals surface area contributed by atoms with Gasteiger partial charge in [0.15, 0.2) is 0 Å². The molecule has 9 atom stereocenters. The zero-order chi connectivity index (χ0) is 12.8. The molecule has 6 rings (SSSR count). The topological polar surface area (TPSA) is 24.9 Å². The van der Waals surface area contributed by atoms with Gasteiger partial charge in [-0.05, 0) is 72.3 Å². The van der Waals surface area contributed by atoms with Crippen LogP contribution >= 0.6 is 24.8 Å². The summed E-state index contributed by atoms with van der Waals surface area (Å²) >= 11 is 0. The highest BCUT2D eigenvalue weighted by Gasteiger charge is 2.80.